The van der Waals surface area contributed by atoms with E-state index in [0.29, 0.717) is 26.1 Å². The quantitative estimate of drug-likeness (QED) is 0.907. The number of carbonyl (C=O) groups excluding carboxylic acids is 2. The number of nitrogens with zero attached hydrogens (tertiary/aromatic N) is 2. The molecule has 1 saturated heterocycles. The largest absolute Gasteiger partial charge is 0.387 e. The lowest BCUT2D eigenvalue weighted by atomic mass is 9.81. The Hall–Kier alpha value is -2.92. The van der Waals surface area contributed by atoms with Crippen LogP contribution in [-0.4, -0.2) is 48.1 Å². The number of anilines is 1. The second kappa shape index (κ2) is 7.00. The SMILES string of the molecule is O=C(CO)N1CCC2(C1)C(=O)N(C/C=C/c1ccccc1)c1ccccc12. The van der Waals surface area contributed by atoms with Gasteiger partial charge in [0, 0.05) is 25.3 Å². The average molecular weight is 362 g/mol. The van der Waals surface area contributed by atoms with Gasteiger partial charge in [0.15, 0.2) is 0 Å². The summed E-state index contributed by atoms with van der Waals surface area (Å²) in [5.74, 6) is -0.283. The Balaban J connectivity index is 1.61. The fraction of sp³-hybridized carbons (Fsp3) is 0.273. The van der Waals surface area contributed by atoms with Crippen LogP contribution in [0.2, 0.25) is 0 Å². The number of aliphatic hydroxyl groups excluding tert-OH is 1. The first kappa shape index (κ1) is 17.5. The minimum absolute atomic E-state index is 0.0367. The summed E-state index contributed by atoms with van der Waals surface area (Å²) in [6, 6.07) is 17.8. The van der Waals surface area contributed by atoms with Gasteiger partial charge in [-0.15, -0.1) is 0 Å². The number of para-hydroxylation sites is 1. The summed E-state index contributed by atoms with van der Waals surface area (Å²) in [7, 11) is 0. The van der Waals surface area contributed by atoms with Gasteiger partial charge < -0.3 is 14.9 Å². The van der Waals surface area contributed by atoms with Crippen molar-refractivity contribution >= 4 is 23.6 Å². The molecule has 2 heterocycles. The number of carbonyl (C=O) groups is 2. The first-order chi connectivity index (χ1) is 13.2. The van der Waals surface area contributed by atoms with E-state index in [-0.39, 0.29) is 11.8 Å². The molecule has 4 rings (SSSR count). The highest BCUT2D eigenvalue weighted by molar-refractivity contribution is 6.09. The molecule has 2 aromatic rings. The highest BCUT2D eigenvalue weighted by atomic mass is 16.3. The minimum Gasteiger partial charge on any atom is -0.387 e. The molecule has 1 unspecified atom stereocenters. The summed E-state index contributed by atoms with van der Waals surface area (Å²) in [6.45, 7) is 0.796. The Morgan fingerprint density at radius 1 is 1.11 bits per heavy atom. The Morgan fingerprint density at radius 2 is 1.85 bits per heavy atom. The van der Waals surface area contributed by atoms with Gasteiger partial charge in [-0.25, -0.2) is 0 Å². The molecule has 2 aliphatic rings. The van der Waals surface area contributed by atoms with E-state index in [1.54, 1.807) is 4.90 Å². The zero-order chi connectivity index (χ0) is 18.9. The highest BCUT2D eigenvalue weighted by Gasteiger charge is 2.54. The normalized spacial score (nSPS) is 21.4. The zero-order valence-electron chi connectivity index (χ0n) is 15.0. The van der Waals surface area contributed by atoms with E-state index in [1.165, 1.54) is 0 Å². The van der Waals surface area contributed by atoms with Crippen LogP contribution in [0.4, 0.5) is 5.69 Å². The lowest BCUT2D eigenvalue weighted by Gasteiger charge is -2.24. The van der Waals surface area contributed by atoms with Crippen molar-refractivity contribution in [2.45, 2.75) is 11.8 Å². The third-order valence-corrected chi connectivity index (χ3v) is 5.52. The molecule has 0 saturated carbocycles. The van der Waals surface area contributed by atoms with Crippen LogP contribution in [0, 0.1) is 0 Å². The fourth-order valence-corrected chi connectivity index (χ4v) is 4.15. The highest BCUT2D eigenvalue weighted by Crippen LogP contribution is 2.47. The molecule has 2 aromatic carbocycles. The van der Waals surface area contributed by atoms with Crippen LogP contribution < -0.4 is 4.90 Å². The smallest absolute Gasteiger partial charge is 0.248 e. The number of aliphatic hydroxyl groups is 1. The van der Waals surface area contributed by atoms with Crippen LogP contribution in [-0.2, 0) is 15.0 Å². The lowest BCUT2D eigenvalue weighted by molar-refractivity contribution is -0.133. The maximum Gasteiger partial charge on any atom is 0.248 e. The number of fused-ring (bicyclic) bond motifs is 2. The van der Waals surface area contributed by atoms with E-state index >= 15 is 0 Å². The summed E-state index contributed by atoms with van der Waals surface area (Å²) in [5, 5.41) is 9.17. The molecule has 0 aromatic heterocycles. The molecule has 5 heteroatoms. The number of benzene rings is 2. The van der Waals surface area contributed by atoms with Gasteiger partial charge >= 0.3 is 0 Å². The average Bonchev–Trinajstić information content (AvgIpc) is 3.26. The minimum atomic E-state index is -0.692. The number of amides is 2. The lowest BCUT2D eigenvalue weighted by Crippen LogP contribution is -2.43. The van der Waals surface area contributed by atoms with Crippen LogP contribution >= 0.6 is 0 Å². The van der Waals surface area contributed by atoms with Crippen molar-refractivity contribution in [2.75, 3.05) is 31.1 Å². The number of hydrogen-bond acceptors (Lipinski definition) is 3. The van der Waals surface area contributed by atoms with Crippen LogP contribution in [0.5, 0.6) is 0 Å². The molecule has 5 nitrogen and oxygen atoms in total. The first-order valence-electron chi connectivity index (χ1n) is 9.17. The fourth-order valence-electron chi connectivity index (χ4n) is 4.15. The van der Waals surface area contributed by atoms with Crippen LogP contribution in [0.3, 0.4) is 0 Å². The van der Waals surface area contributed by atoms with Gasteiger partial charge in [0.1, 0.15) is 6.61 Å². The molecule has 138 valence electrons. The number of likely N-dealkylation sites (tertiary alicyclic amines) is 1. The van der Waals surface area contributed by atoms with Crippen LogP contribution in [0.25, 0.3) is 6.08 Å². The summed E-state index contributed by atoms with van der Waals surface area (Å²) in [4.78, 5) is 28.7. The molecular weight excluding hydrogens is 340 g/mol. The van der Waals surface area contributed by atoms with Crippen molar-refractivity contribution in [2.24, 2.45) is 0 Å². The molecule has 2 aliphatic heterocycles. The van der Waals surface area contributed by atoms with Crippen molar-refractivity contribution in [3.63, 3.8) is 0 Å². The molecular formula is C22H22N2O3. The van der Waals surface area contributed by atoms with Crippen molar-refractivity contribution < 1.29 is 14.7 Å². The topological polar surface area (TPSA) is 60.9 Å². The van der Waals surface area contributed by atoms with Gasteiger partial charge in [0.25, 0.3) is 0 Å². The molecule has 1 N–H and O–H groups in total. The maximum absolute atomic E-state index is 13.4. The number of hydrogen-bond donors (Lipinski definition) is 1. The van der Waals surface area contributed by atoms with Crippen molar-refractivity contribution in [1.29, 1.82) is 0 Å². The zero-order valence-corrected chi connectivity index (χ0v) is 15.0. The molecule has 0 bridgehead atoms. The van der Waals surface area contributed by atoms with E-state index in [0.717, 1.165) is 16.8 Å². The summed E-state index contributed by atoms with van der Waals surface area (Å²) in [6.07, 6.45) is 4.60. The van der Waals surface area contributed by atoms with Crippen LogP contribution in [0.15, 0.2) is 60.7 Å². The second-order valence-electron chi connectivity index (χ2n) is 7.05. The predicted molar refractivity (Wildman–Crippen MR) is 104 cm³/mol. The molecule has 1 spiro atoms. The van der Waals surface area contributed by atoms with Gasteiger partial charge in [-0.3, -0.25) is 9.59 Å². The third-order valence-electron chi connectivity index (χ3n) is 5.52. The van der Waals surface area contributed by atoms with E-state index in [9.17, 15) is 9.59 Å². The predicted octanol–water partition coefficient (Wildman–Crippen LogP) is 2.21. The van der Waals surface area contributed by atoms with Gasteiger partial charge in [-0.05, 0) is 23.6 Å². The van der Waals surface area contributed by atoms with Gasteiger partial charge in [0.2, 0.25) is 11.8 Å². The standard InChI is InChI=1S/C22H22N2O3/c25-15-20(26)23-14-12-22(16-23)18-10-4-5-11-19(18)24(21(22)27)13-6-9-17-7-2-1-3-8-17/h1-11,25H,12-16H2/b9-6+. The van der Waals surface area contributed by atoms with Gasteiger partial charge in [0.05, 0.1) is 5.41 Å². The molecule has 2 amide bonds. The van der Waals surface area contributed by atoms with E-state index in [1.807, 2.05) is 71.6 Å². The molecule has 0 aliphatic carbocycles. The maximum atomic E-state index is 13.4. The Bertz CT molecular complexity index is 893. The summed E-state index contributed by atoms with van der Waals surface area (Å²) < 4.78 is 0. The molecule has 27 heavy (non-hydrogen) atoms. The summed E-state index contributed by atoms with van der Waals surface area (Å²) in [5.41, 5.74) is 2.30. The van der Waals surface area contributed by atoms with Gasteiger partial charge in [-0.2, -0.15) is 0 Å². The second-order valence-corrected chi connectivity index (χ2v) is 7.05. The molecule has 1 atom stereocenters. The van der Waals surface area contributed by atoms with E-state index in [2.05, 4.69) is 0 Å². The van der Waals surface area contributed by atoms with E-state index in [4.69, 9.17) is 5.11 Å². The first-order valence-corrected chi connectivity index (χ1v) is 9.17. The molecule has 1 fully saturated rings. The molecule has 0 radical (unpaired) electrons. The van der Waals surface area contributed by atoms with Crippen molar-refractivity contribution in [3.05, 3.63) is 71.8 Å². The Kier molecular flexibility index (Phi) is 4.54. The Labute approximate surface area is 158 Å². The van der Waals surface area contributed by atoms with Gasteiger partial charge in [-0.1, -0.05) is 60.7 Å². The van der Waals surface area contributed by atoms with Crippen molar-refractivity contribution in [3.8, 4) is 0 Å². The monoisotopic (exact) mass is 362 g/mol. The summed E-state index contributed by atoms with van der Waals surface area (Å²) >= 11 is 0. The third kappa shape index (κ3) is 2.94. The Morgan fingerprint density at radius 3 is 2.63 bits per heavy atom. The van der Waals surface area contributed by atoms with Crippen LogP contribution in [0.1, 0.15) is 17.5 Å². The van der Waals surface area contributed by atoms with Crippen molar-refractivity contribution in [1.82, 2.24) is 4.90 Å². The number of rotatable bonds is 4. The van der Waals surface area contributed by atoms with E-state index < -0.39 is 12.0 Å².